The van der Waals surface area contributed by atoms with Gasteiger partial charge in [0.05, 0.1) is 0 Å². The second kappa shape index (κ2) is 6.93. The zero-order valence-electron chi connectivity index (χ0n) is 14.4. The SMILES string of the molecule is CC(C)(C)c1ccc(S(I)(c2ccccc2)c2ccccc2)cc1. The third kappa shape index (κ3) is 3.40. The van der Waals surface area contributed by atoms with E-state index in [1.165, 1.54) is 20.2 Å². The van der Waals surface area contributed by atoms with E-state index in [9.17, 15) is 0 Å². The summed E-state index contributed by atoms with van der Waals surface area (Å²) in [4.78, 5) is 4.18. The predicted molar refractivity (Wildman–Crippen MR) is 114 cm³/mol. The van der Waals surface area contributed by atoms with Crippen molar-refractivity contribution in [2.45, 2.75) is 40.9 Å². The van der Waals surface area contributed by atoms with E-state index in [1.807, 2.05) is 0 Å². The summed E-state index contributed by atoms with van der Waals surface area (Å²) in [6.45, 7) is 6.79. The summed E-state index contributed by atoms with van der Waals surface area (Å²) >= 11 is 2.69. The fourth-order valence-corrected chi connectivity index (χ4v) is 7.80. The lowest BCUT2D eigenvalue weighted by molar-refractivity contribution is 0.589. The van der Waals surface area contributed by atoms with Gasteiger partial charge in [-0.15, -0.1) is 7.20 Å². The molecule has 24 heavy (non-hydrogen) atoms. The number of hydrogen-bond donors (Lipinski definition) is 0. The Morgan fingerprint density at radius 1 is 0.583 bits per heavy atom. The summed E-state index contributed by atoms with van der Waals surface area (Å²) in [5.74, 6) is 0. The highest BCUT2D eigenvalue weighted by Gasteiger charge is 2.28. The van der Waals surface area contributed by atoms with Gasteiger partial charge in [0.1, 0.15) is 0 Å². The lowest BCUT2D eigenvalue weighted by Gasteiger charge is -2.35. The minimum Gasteiger partial charge on any atom is -0.105 e. The van der Waals surface area contributed by atoms with E-state index < -0.39 is 7.20 Å². The first-order valence-corrected chi connectivity index (χ1v) is 12.3. The fourth-order valence-electron chi connectivity index (χ4n) is 2.77. The second-order valence-electron chi connectivity index (χ2n) is 6.94. The highest BCUT2D eigenvalue weighted by atomic mass is 127. The van der Waals surface area contributed by atoms with E-state index in [2.05, 4.69) is 127 Å². The maximum atomic E-state index is 2.69. The van der Waals surface area contributed by atoms with Gasteiger partial charge in [-0.1, -0.05) is 69.3 Å². The number of halogens is 1. The molecular formula is C22H23IS. The highest BCUT2D eigenvalue weighted by molar-refractivity contribution is 14.2. The van der Waals surface area contributed by atoms with Crippen molar-refractivity contribution in [2.75, 3.05) is 0 Å². The van der Waals surface area contributed by atoms with Crippen LogP contribution >= 0.6 is 28.4 Å². The van der Waals surface area contributed by atoms with Crippen LogP contribution < -0.4 is 0 Å². The van der Waals surface area contributed by atoms with Gasteiger partial charge in [0.2, 0.25) is 0 Å². The Labute approximate surface area is 159 Å². The van der Waals surface area contributed by atoms with Crippen LogP contribution in [-0.4, -0.2) is 0 Å². The van der Waals surface area contributed by atoms with Crippen LogP contribution in [0.4, 0.5) is 0 Å². The smallest absolute Gasteiger partial charge is 0.00704 e. The summed E-state index contributed by atoms with van der Waals surface area (Å²) in [5, 5.41) is 0. The molecule has 0 fully saturated rings. The zero-order valence-corrected chi connectivity index (χ0v) is 17.3. The monoisotopic (exact) mass is 446 g/mol. The Hall–Kier alpha value is -1.26. The van der Waals surface area contributed by atoms with Crippen molar-refractivity contribution in [3.8, 4) is 0 Å². The molecule has 0 heterocycles. The van der Waals surface area contributed by atoms with Crippen LogP contribution in [0.2, 0.25) is 0 Å². The standard InChI is InChI=1S/C22H23IS/c1-22(2,3)18-14-16-21(17-15-18)24(23,19-10-6-4-7-11-19)20-12-8-5-9-13-20/h4-17H,1-3H3. The lowest BCUT2D eigenvalue weighted by Crippen LogP contribution is -2.10. The van der Waals surface area contributed by atoms with Gasteiger partial charge >= 0.3 is 0 Å². The topological polar surface area (TPSA) is 0 Å². The quantitative estimate of drug-likeness (QED) is 0.363. The molecule has 0 saturated carbocycles. The Kier molecular flexibility index (Phi) is 5.07. The van der Waals surface area contributed by atoms with Gasteiger partial charge in [0.15, 0.2) is 0 Å². The van der Waals surface area contributed by atoms with Crippen LogP contribution in [0.3, 0.4) is 0 Å². The van der Waals surface area contributed by atoms with Gasteiger partial charge in [0, 0.05) is 14.7 Å². The molecule has 0 bridgehead atoms. The minimum absolute atomic E-state index is 0.182. The average Bonchev–Trinajstić information content (AvgIpc) is 2.62. The van der Waals surface area contributed by atoms with E-state index in [4.69, 9.17) is 0 Å². The normalized spacial score (nSPS) is 12.8. The van der Waals surface area contributed by atoms with E-state index in [0.717, 1.165) is 0 Å². The molecule has 0 aliphatic carbocycles. The van der Waals surface area contributed by atoms with E-state index >= 15 is 0 Å². The third-order valence-electron chi connectivity index (χ3n) is 4.18. The van der Waals surface area contributed by atoms with Crippen LogP contribution in [0.25, 0.3) is 0 Å². The minimum atomic E-state index is -1.27. The van der Waals surface area contributed by atoms with Crippen molar-refractivity contribution >= 4 is 28.4 Å². The fraction of sp³-hybridized carbons (Fsp3) is 0.182. The van der Waals surface area contributed by atoms with Gasteiger partial charge in [-0.05, 0) is 68.6 Å². The van der Waals surface area contributed by atoms with Gasteiger partial charge in [-0.3, -0.25) is 0 Å². The van der Waals surface area contributed by atoms with E-state index in [-0.39, 0.29) is 5.41 Å². The highest BCUT2D eigenvalue weighted by Crippen LogP contribution is 2.74. The first-order chi connectivity index (χ1) is 11.4. The summed E-state index contributed by atoms with van der Waals surface area (Å²) < 4.78 is 0. The average molecular weight is 446 g/mol. The molecule has 0 aliphatic rings. The molecule has 0 N–H and O–H groups in total. The van der Waals surface area contributed by atoms with E-state index in [1.54, 1.807) is 0 Å². The van der Waals surface area contributed by atoms with Crippen LogP contribution in [-0.2, 0) is 5.41 Å². The third-order valence-corrected chi connectivity index (χ3v) is 11.5. The first-order valence-electron chi connectivity index (χ1n) is 8.16. The van der Waals surface area contributed by atoms with Crippen LogP contribution in [0.15, 0.2) is 99.6 Å². The Balaban J connectivity index is 2.16. The van der Waals surface area contributed by atoms with Crippen molar-refractivity contribution in [3.05, 3.63) is 90.5 Å². The van der Waals surface area contributed by atoms with Gasteiger partial charge < -0.3 is 0 Å². The van der Waals surface area contributed by atoms with Crippen molar-refractivity contribution in [3.63, 3.8) is 0 Å². The molecule has 0 spiro atoms. The summed E-state index contributed by atoms with van der Waals surface area (Å²) in [5.41, 5.74) is 1.56. The van der Waals surface area contributed by atoms with Crippen molar-refractivity contribution in [1.29, 1.82) is 0 Å². The van der Waals surface area contributed by atoms with Crippen molar-refractivity contribution in [1.82, 2.24) is 0 Å². The lowest BCUT2D eigenvalue weighted by atomic mass is 9.87. The largest absolute Gasteiger partial charge is 0.105 e. The number of benzene rings is 3. The molecule has 0 radical (unpaired) electrons. The number of rotatable bonds is 3. The Morgan fingerprint density at radius 3 is 1.33 bits per heavy atom. The van der Waals surface area contributed by atoms with Crippen molar-refractivity contribution in [2.24, 2.45) is 0 Å². The summed E-state index contributed by atoms with van der Waals surface area (Å²) in [6, 6.07) is 31.0. The molecule has 0 nitrogen and oxygen atoms in total. The molecule has 0 aromatic heterocycles. The van der Waals surface area contributed by atoms with Crippen LogP contribution in [0.5, 0.6) is 0 Å². The molecule has 124 valence electrons. The van der Waals surface area contributed by atoms with Gasteiger partial charge in [-0.25, -0.2) is 0 Å². The molecule has 0 unspecified atom stereocenters. The molecule has 3 rings (SSSR count). The second-order valence-corrected chi connectivity index (χ2v) is 13.4. The molecule has 2 heteroatoms. The Bertz CT molecular complexity index is 747. The molecule has 3 aromatic rings. The van der Waals surface area contributed by atoms with E-state index in [0.29, 0.717) is 0 Å². The van der Waals surface area contributed by atoms with Crippen LogP contribution in [0, 0.1) is 0 Å². The molecule has 0 saturated heterocycles. The molecule has 0 aliphatic heterocycles. The number of hydrogen-bond acceptors (Lipinski definition) is 0. The summed E-state index contributed by atoms with van der Waals surface area (Å²) in [6.07, 6.45) is 0. The summed E-state index contributed by atoms with van der Waals surface area (Å²) in [7, 11) is -1.27. The maximum absolute atomic E-state index is 2.69. The van der Waals surface area contributed by atoms with Gasteiger partial charge in [0.25, 0.3) is 0 Å². The molecule has 3 aromatic carbocycles. The molecule has 0 atom stereocenters. The van der Waals surface area contributed by atoms with Gasteiger partial charge in [-0.2, -0.15) is 0 Å². The maximum Gasteiger partial charge on any atom is 0.00704 e. The van der Waals surface area contributed by atoms with Crippen LogP contribution in [0.1, 0.15) is 26.3 Å². The first kappa shape index (κ1) is 17.6. The predicted octanol–water partition coefficient (Wildman–Crippen LogP) is 7.62. The van der Waals surface area contributed by atoms with Crippen molar-refractivity contribution < 1.29 is 0 Å². The molecular weight excluding hydrogens is 423 g/mol. The zero-order chi connectivity index (χ0) is 17.2. The molecule has 0 amide bonds. The Morgan fingerprint density at radius 2 is 0.958 bits per heavy atom.